The molecule has 8 nitrogen and oxygen atoms in total. The van der Waals surface area contributed by atoms with Crippen molar-refractivity contribution in [2.45, 2.75) is 25.9 Å². The van der Waals surface area contributed by atoms with Crippen LogP contribution in [0.15, 0.2) is 79.0 Å². The van der Waals surface area contributed by atoms with Gasteiger partial charge in [0, 0.05) is 64.7 Å². The lowest BCUT2D eigenvalue weighted by atomic mass is 10.1. The van der Waals surface area contributed by atoms with Crippen molar-refractivity contribution in [1.29, 1.82) is 0 Å². The summed E-state index contributed by atoms with van der Waals surface area (Å²) in [4.78, 5) is 33.0. The average Bonchev–Trinajstić information content (AvgIpc) is 3.43. The highest BCUT2D eigenvalue weighted by Crippen LogP contribution is 2.12. The number of carbonyl (C=O) groups excluding carboxylic acids is 2. The van der Waals surface area contributed by atoms with Crippen molar-refractivity contribution in [2.24, 2.45) is 0 Å². The van der Waals surface area contributed by atoms with Gasteiger partial charge in [-0.25, -0.2) is 0 Å². The summed E-state index contributed by atoms with van der Waals surface area (Å²) in [5.74, 6) is -0.0656. The third-order valence-corrected chi connectivity index (χ3v) is 7.33. The molecule has 0 bridgehead atoms. The zero-order valence-electron chi connectivity index (χ0n) is 23.6. The van der Waals surface area contributed by atoms with Gasteiger partial charge in [0.05, 0.1) is 32.9 Å². The zero-order valence-corrected chi connectivity index (χ0v) is 23.6. The highest BCUT2D eigenvalue weighted by Gasteiger charge is 2.23. The topological polar surface area (TPSA) is 67.2 Å². The number of amides is 2. The normalized spacial score (nSPS) is 13.7. The van der Waals surface area contributed by atoms with E-state index in [0.29, 0.717) is 52.3 Å². The van der Waals surface area contributed by atoms with E-state index in [4.69, 9.17) is 9.47 Å². The summed E-state index contributed by atoms with van der Waals surface area (Å²) < 4.78 is 13.0. The second-order valence-electron chi connectivity index (χ2n) is 10.2. The number of hydrogen-bond donors (Lipinski definition) is 0. The summed E-state index contributed by atoms with van der Waals surface area (Å²) >= 11 is 0. The standard InChI is InChI=1S/C32H42N4O4/c1-39-22-21-36(26-30-13-8-16-34(30)25-29-11-6-3-7-12-29)32(38)27-35(18-17-33-19-23-40-24-20-33)31(37)15-14-28-9-4-2-5-10-28/h2-13,16H,14-15,17-27H2,1H3. The first-order valence-electron chi connectivity index (χ1n) is 14.2. The quantitative estimate of drug-likeness (QED) is 0.293. The van der Waals surface area contributed by atoms with Crippen LogP contribution in [-0.2, 0) is 38.6 Å². The van der Waals surface area contributed by atoms with E-state index in [0.717, 1.165) is 37.4 Å². The number of morpholine rings is 1. The van der Waals surface area contributed by atoms with Gasteiger partial charge in [-0.15, -0.1) is 0 Å². The molecule has 1 aliphatic rings. The Bertz CT molecular complexity index is 1160. The van der Waals surface area contributed by atoms with Gasteiger partial charge < -0.3 is 23.8 Å². The Hall–Kier alpha value is -3.46. The zero-order chi connectivity index (χ0) is 28.0. The molecule has 0 unspecified atom stereocenters. The van der Waals surface area contributed by atoms with Crippen molar-refractivity contribution >= 4 is 11.8 Å². The Morgan fingerprint density at radius 1 is 0.850 bits per heavy atom. The maximum atomic E-state index is 13.7. The molecule has 0 atom stereocenters. The van der Waals surface area contributed by atoms with E-state index in [2.05, 4.69) is 27.7 Å². The molecule has 1 saturated heterocycles. The maximum absolute atomic E-state index is 13.7. The van der Waals surface area contributed by atoms with Gasteiger partial charge in [0.1, 0.15) is 0 Å². The first kappa shape index (κ1) is 29.5. The number of hydrogen-bond acceptors (Lipinski definition) is 5. The molecule has 1 aliphatic heterocycles. The van der Waals surface area contributed by atoms with Crippen molar-refractivity contribution in [3.05, 3.63) is 95.8 Å². The second kappa shape index (κ2) is 16.0. The third-order valence-electron chi connectivity index (χ3n) is 7.33. The number of rotatable bonds is 15. The monoisotopic (exact) mass is 546 g/mol. The molecule has 214 valence electrons. The van der Waals surface area contributed by atoms with Crippen LogP contribution in [0, 0.1) is 0 Å². The van der Waals surface area contributed by atoms with Crippen LogP contribution in [0.5, 0.6) is 0 Å². The Kier molecular flexibility index (Phi) is 11.8. The van der Waals surface area contributed by atoms with Crippen molar-refractivity contribution in [3.63, 3.8) is 0 Å². The summed E-state index contributed by atoms with van der Waals surface area (Å²) in [7, 11) is 1.64. The van der Waals surface area contributed by atoms with E-state index in [1.54, 1.807) is 12.0 Å². The van der Waals surface area contributed by atoms with Gasteiger partial charge in [-0.3, -0.25) is 14.5 Å². The lowest BCUT2D eigenvalue weighted by Gasteiger charge is -2.31. The van der Waals surface area contributed by atoms with Crippen LogP contribution < -0.4 is 0 Å². The number of methoxy groups -OCH3 is 1. The summed E-state index contributed by atoms with van der Waals surface area (Å²) in [5.41, 5.74) is 3.37. The van der Waals surface area contributed by atoms with Crippen LogP contribution >= 0.6 is 0 Å². The van der Waals surface area contributed by atoms with Gasteiger partial charge >= 0.3 is 0 Å². The molecular weight excluding hydrogens is 504 g/mol. The molecule has 1 aromatic heterocycles. The molecule has 8 heteroatoms. The lowest BCUT2D eigenvalue weighted by Crippen LogP contribution is -2.47. The van der Waals surface area contributed by atoms with Crippen molar-refractivity contribution in [1.82, 2.24) is 19.3 Å². The van der Waals surface area contributed by atoms with E-state index in [1.807, 2.05) is 65.7 Å². The molecule has 0 saturated carbocycles. The van der Waals surface area contributed by atoms with Crippen LogP contribution in [0.3, 0.4) is 0 Å². The van der Waals surface area contributed by atoms with E-state index in [-0.39, 0.29) is 18.4 Å². The Labute approximate surface area is 238 Å². The van der Waals surface area contributed by atoms with E-state index < -0.39 is 0 Å². The Morgan fingerprint density at radius 3 is 2.25 bits per heavy atom. The minimum atomic E-state index is -0.0699. The highest BCUT2D eigenvalue weighted by atomic mass is 16.5. The predicted octanol–water partition coefficient (Wildman–Crippen LogP) is 3.31. The summed E-state index contributed by atoms with van der Waals surface area (Å²) in [6.07, 6.45) is 3.07. The summed E-state index contributed by atoms with van der Waals surface area (Å²) in [5, 5.41) is 0. The maximum Gasteiger partial charge on any atom is 0.242 e. The minimum absolute atomic E-state index is 0.00427. The van der Waals surface area contributed by atoms with Gasteiger partial charge in [-0.2, -0.15) is 0 Å². The number of benzene rings is 2. The van der Waals surface area contributed by atoms with E-state index in [1.165, 1.54) is 5.56 Å². The van der Waals surface area contributed by atoms with E-state index in [9.17, 15) is 9.59 Å². The van der Waals surface area contributed by atoms with E-state index >= 15 is 0 Å². The van der Waals surface area contributed by atoms with Gasteiger partial charge in [0.2, 0.25) is 11.8 Å². The fraction of sp³-hybridized carbons (Fsp3) is 0.438. The SMILES string of the molecule is COCCN(Cc1cccn1Cc1ccccc1)C(=O)CN(CCN1CCOCC1)C(=O)CCc1ccccc1. The molecule has 1 fully saturated rings. The summed E-state index contributed by atoms with van der Waals surface area (Å²) in [6, 6.07) is 24.4. The van der Waals surface area contributed by atoms with Gasteiger partial charge in [0.15, 0.2) is 0 Å². The lowest BCUT2D eigenvalue weighted by molar-refractivity contribution is -0.141. The molecule has 2 aromatic carbocycles. The molecule has 0 radical (unpaired) electrons. The molecule has 2 amide bonds. The fourth-order valence-corrected chi connectivity index (χ4v) is 4.91. The molecule has 0 aliphatic carbocycles. The van der Waals surface area contributed by atoms with Crippen LogP contribution in [0.2, 0.25) is 0 Å². The number of nitrogens with zero attached hydrogens (tertiary/aromatic N) is 4. The third kappa shape index (κ3) is 9.33. The number of carbonyl (C=O) groups is 2. The largest absolute Gasteiger partial charge is 0.383 e. The fourth-order valence-electron chi connectivity index (χ4n) is 4.91. The summed E-state index contributed by atoms with van der Waals surface area (Å²) in [6.45, 7) is 6.48. The molecule has 40 heavy (non-hydrogen) atoms. The average molecular weight is 547 g/mol. The smallest absolute Gasteiger partial charge is 0.242 e. The molecule has 4 rings (SSSR count). The van der Waals surface area contributed by atoms with Crippen LogP contribution in [0.4, 0.5) is 0 Å². The van der Waals surface area contributed by atoms with Gasteiger partial charge in [0.25, 0.3) is 0 Å². The first-order valence-corrected chi connectivity index (χ1v) is 14.2. The second-order valence-corrected chi connectivity index (χ2v) is 10.2. The minimum Gasteiger partial charge on any atom is -0.383 e. The molecule has 0 spiro atoms. The molecule has 2 heterocycles. The van der Waals surface area contributed by atoms with Crippen molar-refractivity contribution < 1.29 is 19.1 Å². The van der Waals surface area contributed by atoms with Gasteiger partial charge in [-0.1, -0.05) is 60.7 Å². The van der Waals surface area contributed by atoms with Crippen molar-refractivity contribution in [2.75, 3.05) is 66.2 Å². The highest BCUT2D eigenvalue weighted by molar-refractivity contribution is 5.85. The Morgan fingerprint density at radius 2 is 1.55 bits per heavy atom. The molecule has 3 aromatic rings. The Balaban J connectivity index is 1.43. The van der Waals surface area contributed by atoms with Crippen LogP contribution in [0.25, 0.3) is 0 Å². The van der Waals surface area contributed by atoms with Crippen LogP contribution in [-0.4, -0.2) is 97.3 Å². The van der Waals surface area contributed by atoms with Crippen LogP contribution in [0.1, 0.15) is 23.2 Å². The number of aromatic nitrogens is 1. The molecular formula is C32H42N4O4. The number of aryl methyl sites for hydroxylation is 1. The van der Waals surface area contributed by atoms with Gasteiger partial charge in [-0.05, 0) is 29.7 Å². The van der Waals surface area contributed by atoms with Crippen molar-refractivity contribution in [3.8, 4) is 0 Å². The molecule has 0 N–H and O–H groups in total. The first-order chi connectivity index (χ1) is 19.6. The number of ether oxygens (including phenoxy) is 2. The predicted molar refractivity (Wildman–Crippen MR) is 156 cm³/mol.